The molecule has 1 fully saturated rings. The molecule has 170 valence electrons. The van der Waals surface area contributed by atoms with Crippen LogP contribution in [-0.2, 0) is 22.6 Å². The van der Waals surface area contributed by atoms with Gasteiger partial charge in [0.2, 0.25) is 0 Å². The summed E-state index contributed by atoms with van der Waals surface area (Å²) in [7, 11) is 0. The SMILES string of the molecule is CCOC(=O)[C@@H]1CCCN(C(=O)c2cc3n(n2)CCN(Cc2ccc(Cl)c(Cl)c2)C3=O)C1. The number of halogens is 2. The number of fused-ring (bicyclic) bond motifs is 1. The van der Waals surface area contributed by atoms with E-state index in [-0.39, 0.29) is 29.4 Å². The smallest absolute Gasteiger partial charge is 0.310 e. The molecule has 0 bridgehead atoms. The summed E-state index contributed by atoms with van der Waals surface area (Å²) in [6.45, 7) is 4.28. The molecule has 4 rings (SSSR count). The second-order valence-electron chi connectivity index (χ2n) is 7.96. The number of hydrogen-bond acceptors (Lipinski definition) is 5. The Balaban J connectivity index is 1.46. The van der Waals surface area contributed by atoms with Gasteiger partial charge in [-0.1, -0.05) is 29.3 Å². The molecule has 0 saturated carbocycles. The van der Waals surface area contributed by atoms with Crippen LogP contribution in [0.3, 0.4) is 0 Å². The van der Waals surface area contributed by atoms with Crippen molar-refractivity contribution in [2.75, 3.05) is 26.2 Å². The number of hydrogen-bond donors (Lipinski definition) is 0. The Bertz CT molecular complexity index is 1050. The quantitative estimate of drug-likeness (QED) is 0.615. The van der Waals surface area contributed by atoms with Crippen LogP contribution in [0.25, 0.3) is 0 Å². The van der Waals surface area contributed by atoms with E-state index in [2.05, 4.69) is 5.10 Å². The zero-order chi connectivity index (χ0) is 22.8. The molecule has 0 unspecified atom stereocenters. The summed E-state index contributed by atoms with van der Waals surface area (Å²) in [5.74, 6) is -1.07. The fraction of sp³-hybridized carbons (Fsp3) is 0.455. The number of esters is 1. The molecular formula is C22H24Cl2N4O4. The Morgan fingerprint density at radius 3 is 2.72 bits per heavy atom. The lowest BCUT2D eigenvalue weighted by Gasteiger charge is -2.31. The van der Waals surface area contributed by atoms with Gasteiger partial charge in [-0.05, 0) is 37.5 Å². The molecule has 1 aromatic carbocycles. The molecule has 0 radical (unpaired) electrons. The summed E-state index contributed by atoms with van der Waals surface area (Å²) in [6, 6.07) is 6.82. The number of ether oxygens (including phenoxy) is 1. The van der Waals surface area contributed by atoms with E-state index in [0.29, 0.717) is 61.5 Å². The van der Waals surface area contributed by atoms with Crippen LogP contribution in [0.5, 0.6) is 0 Å². The van der Waals surface area contributed by atoms with E-state index in [9.17, 15) is 14.4 Å². The Morgan fingerprint density at radius 1 is 1.16 bits per heavy atom. The van der Waals surface area contributed by atoms with Crippen molar-refractivity contribution in [1.82, 2.24) is 19.6 Å². The highest BCUT2D eigenvalue weighted by Crippen LogP contribution is 2.25. The van der Waals surface area contributed by atoms with Gasteiger partial charge in [0.15, 0.2) is 5.69 Å². The monoisotopic (exact) mass is 478 g/mol. The first kappa shape index (κ1) is 22.6. The molecule has 1 saturated heterocycles. The Kier molecular flexibility index (Phi) is 6.71. The highest BCUT2D eigenvalue weighted by Gasteiger charge is 2.33. The molecule has 8 nitrogen and oxygen atoms in total. The zero-order valence-corrected chi connectivity index (χ0v) is 19.2. The van der Waals surface area contributed by atoms with Gasteiger partial charge >= 0.3 is 5.97 Å². The normalized spacial score (nSPS) is 18.5. The molecular weight excluding hydrogens is 455 g/mol. The van der Waals surface area contributed by atoms with Gasteiger partial charge in [-0.3, -0.25) is 19.1 Å². The number of nitrogens with zero attached hydrogens (tertiary/aromatic N) is 4. The van der Waals surface area contributed by atoms with Gasteiger partial charge in [-0.15, -0.1) is 0 Å². The maximum Gasteiger partial charge on any atom is 0.310 e. The second-order valence-corrected chi connectivity index (χ2v) is 8.77. The van der Waals surface area contributed by atoms with Crippen LogP contribution in [0.2, 0.25) is 10.0 Å². The van der Waals surface area contributed by atoms with Gasteiger partial charge in [-0.2, -0.15) is 5.10 Å². The van der Waals surface area contributed by atoms with E-state index in [0.717, 1.165) is 12.0 Å². The van der Waals surface area contributed by atoms with Gasteiger partial charge in [0.25, 0.3) is 11.8 Å². The molecule has 2 aliphatic rings. The second kappa shape index (κ2) is 9.50. The highest BCUT2D eigenvalue weighted by molar-refractivity contribution is 6.42. The van der Waals surface area contributed by atoms with Gasteiger partial charge in [0.1, 0.15) is 5.69 Å². The van der Waals surface area contributed by atoms with Crippen molar-refractivity contribution < 1.29 is 19.1 Å². The van der Waals surface area contributed by atoms with Gasteiger partial charge in [0, 0.05) is 32.2 Å². The molecule has 2 amide bonds. The molecule has 10 heteroatoms. The minimum atomic E-state index is -0.326. The van der Waals surface area contributed by atoms with Crippen molar-refractivity contribution in [3.8, 4) is 0 Å². The van der Waals surface area contributed by atoms with Crippen molar-refractivity contribution in [1.29, 1.82) is 0 Å². The Labute approximate surface area is 196 Å². The fourth-order valence-electron chi connectivity index (χ4n) is 4.13. The van der Waals surface area contributed by atoms with E-state index in [1.54, 1.807) is 39.6 Å². The average Bonchev–Trinajstić information content (AvgIpc) is 3.23. The summed E-state index contributed by atoms with van der Waals surface area (Å²) in [5, 5.41) is 5.27. The first-order valence-corrected chi connectivity index (χ1v) is 11.4. The topological polar surface area (TPSA) is 84.7 Å². The average molecular weight is 479 g/mol. The third kappa shape index (κ3) is 4.61. The van der Waals surface area contributed by atoms with Crippen LogP contribution >= 0.6 is 23.2 Å². The molecule has 2 aromatic rings. The van der Waals surface area contributed by atoms with Crippen LogP contribution in [0.15, 0.2) is 24.3 Å². The first-order chi connectivity index (χ1) is 15.4. The Morgan fingerprint density at radius 2 is 1.97 bits per heavy atom. The summed E-state index contributed by atoms with van der Waals surface area (Å²) in [6.07, 6.45) is 1.42. The predicted molar refractivity (Wildman–Crippen MR) is 119 cm³/mol. The van der Waals surface area contributed by atoms with E-state index >= 15 is 0 Å². The van der Waals surface area contributed by atoms with Crippen molar-refractivity contribution in [3.05, 3.63) is 51.3 Å². The van der Waals surface area contributed by atoms with Crippen molar-refractivity contribution in [2.24, 2.45) is 5.92 Å². The maximum absolute atomic E-state index is 13.0. The number of amides is 2. The molecule has 3 heterocycles. The zero-order valence-electron chi connectivity index (χ0n) is 17.7. The number of rotatable bonds is 5. The number of piperidine rings is 1. The lowest BCUT2D eigenvalue weighted by molar-refractivity contribution is -0.149. The number of carbonyl (C=O) groups is 3. The summed E-state index contributed by atoms with van der Waals surface area (Å²) < 4.78 is 6.68. The molecule has 1 aromatic heterocycles. The van der Waals surface area contributed by atoms with Crippen LogP contribution in [-0.4, -0.2) is 63.6 Å². The number of benzene rings is 1. The van der Waals surface area contributed by atoms with Crippen molar-refractivity contribution >= 4 is 41.0 Å². The van der Waals surface area contributed by atoms with E-state index in [1.165, 1.54) is 0 Å². The Hall–Kier alpha value is -2.58. The molecule has 32 heavy (non-hydrogen) atoms. The minimum Gasteiger partial charge on any atom is -0.466 e. The lowest BCUT2D eigenvalue weighted by atomic mass is 9.98. The van der Waals surface area contributed by atoms with Gasteiger partial charge < -0.3 is 14.5 Å². The van der Waals surface area contributed by atoms with Crippen molar-refractivity contribution in [2.45, 2.75) is 32.9 Å². The number of aromatic nitrogens is 2. The standard InChI is InChI=1S/C22H24Cl2N4O4/c1-2-32-22(31)15-4-3-7-26(13-15)20(29)18-11-19-21(30)27(8-9-28(19)25-18)12-14-5-6-16(23)17(24)10-14/h5-6,10-11,15H,2-4,7-9,12-13H2,1H3/t15-/m1/s1. The predicted octanol–water partition coefficient (Wildman–Crippen LogP) is 3.26. The number of likely N-dealkylation sites (tertiary alicyclic amines) is 1. The summed E-state index contributed by atoms with van der Waals surface area (Å²) >= 11 is 12.1. The third-order valence-corrected chi connectivity index (χ3v) is 6.51. The van der Waals surface area contributed by atoms with Crippen LogP contribution in [0.1, 0.15) is 46.3 Å². The highest BCUT2D eigenvalue weighted by atomic mass is 35.5. The maximum atomic E-state index is 13.0. The lowest BCUT2D eigenvalue weighted by Crippen LogP contribution is -2.43. The van der Waals surface area contributed by atoms with Gasteiger partial charge in [-0.25, -0.2) is 0 Å². The number of carbonyl (C=O) groups excluding carboxylic acids is 3. The molecule has 0 spiro atoms. The first-order valence-electron chi connectivity index (χ1n) is 10.6. The summed E-state index contributed by atoms with van der Waals surface area (Å²) in [4.78, 5) is 41.5. The summed E-state index contributed by atoms with van der Waals surface area (Å²) in [5.41, 5.74) is 1.46. The minimum absolute atomic E-state index is 0.197. The van der Waals surface area contributed by atoms with E-state index in [1.807, 2.05) is 6.07 Å². The van der Waals surface area contributed by atoms with E-state index < -0.39 is 0 Å². The molecule has 2 aliphatic heterocycles. The van der Waals surface area contributed by atoms with Crippen molar-refractivity contribution in [3.63, 3.8) is 0 Å². The van der Waals surface area contributed by atoms with Crippen LogP contribution < -0.4 is 0 Å². The van der Waals surface area contributed by atoms with E-state index in [4.69, 9.17) is 27.9 Å². The largest absolute Gasteiger partial charge is 0.466 e. The van der Waals surface area contributed by atoms with Crippen LogP contribution in [0, 0.1) is 5.92 Å². The van der Waals surface area contributed by atoms with Crippen LogP contribution in [0.4, 0.5) is 0 Å². The third-order valence-electron chi connectivity index (χ3n) is 5.77. The fourth-order valence-corrected chi connectivity index (χ4v) is 4.45. The van der Waals surface area contributed by atoms with Gasteiger partial charge in [0.05, 0.1) is 29.1 Å². The molecule has 0 aliphatic carbocycles. The molecule has 1 atom stereocenters. The molecule has 0 N–H and O–H groups in total.